The van der Waals surface area contributed by atoms with Crippen LogP contribution in [0, 0.1) is 0 Å². The number of ether oxygens (including phenoxy) is 2. The number of aromatic nitrogens is 3. The maximum atomic E-state index is 9.69. The van der Waals surface area contributed by atoms with Gasteiger partial charge in [-0.1, -0.05) is 0 Å². The van der Waals surface area contributed by atoms with Gasteiger partial charge in [-0.05, 0) is 6.92 Å². The molecular weight excluding hydrogens is 236 g/mol. The molecule has 2 unspecified atom stereocenters. The minimum Gasteiger partial charge on any atom is -0.389 e. The summed E-state index contributed by atoms with van der Waals surface area (Å²) in [6.07, 6.45) is 1.09. The van der Waals surface area contributed by atoms with Crippen LogP contribution in [0.25, 0.3) is 0 Å². The van der Waals surface area contributed by atoms with Crippen LogP contribution in [-0.4, -0.2) is 58.9 Å². The highest BCUT2D eigenvalue weighted by Gasteiger charge is 2.08. The molecular formula is C11H22N4O3. The van der Waals surface area contributed by atoms with E-state index in [1.54, 1.807) is 13.4 Å². The van der Waals surface area contributed by atoms with Crippen LogP contribution in [0.1, 0.15) is 12.7 Å². The Balaban J connectivity index is 2.10. The van der Waals surface area contributed by atoms with E-state index in [1.165, 1.54) is 0 Å². The molecule has 0 bridgehead atoms. The van der Waals surface area contributed by atoms with Crippen molar-refractivity contribution >= 4 is 0 Å². The normalized spacial score (nSPS) is 14.7. The molecule has 0 fully saturated rings. The quantitative estimate of drug-likeness (QED) is 0.610. The lowest BCUT2D eigenvalue weighted by atomic mass is 10.3. The number of rotatable bonds is 9. The van der Waals surface area contributed by atoms with Crippen molar-refractivity contribution in [3.63, 3.8) is 0 Å². The predicted octanol–water partition coefficient (Wildman–Crippen LogP) is -0.683. The number of nitrogens with one attached hydrogen (secondary N) is 1. The molecule has 1 rings (SSSR count). The van der Waals surface area contributed by atoms with E-state index in [0.717, 1.165) is 5.82 Å². The smallest absolute Gasteiger partial charge is 0.146 e. The molecule has 0 aromatic carbocycles. The highest BCUT2D eigenvalue weighted by molar-refractivity contribution is 4.83. The predicted molar refractivity (Wildman–Crippen MR) is 66.0 cm³/mol. The molecule has 0 spiro atoms. The van der Waals surface area contributed by atoms with E-state index >= 15 is 0 Å². The molecule has 1 aromatic heterocycles. The van der Waals surface area contributed by atoms with Gasteiger partial charge in [-0.25, -0.2) is 0 Å². The van der Waals surface area contributed by atoms with Crippen LogP contribution in [0.5, 0.6) is 0 Å². The molecule has 0 amide bonds. The summed E-state index contributed by atoms with van der Waals surface area (Å²) in [5.74, 6) is 0.830. The first-order valence-corrected chi connectivity index (χ1v) is 5.95. The average molecular weight is 258 g/mol. The molecule has 1 heterocycles. The Morgan fingerprint density at radius 3 is 2.89 bits per heavy atom. The van der Waals surface area contributed by atoms with Gasteiger partial charge in [0.05, 0.1) is 32.0 Å². The van der Waals surface area contributed by atoms with E-state index in [2.05, 4.69) is 15.5 Å². The van der Waals surface area contributed by atoms with Crippen molar-refractivity contribution in [2.75, 3.05) is 26.9 Å². The molecule has 7 nitrogen and oxygen atoms in total. The molecule has 7 heteroatoms. The average Bonchev–Trinajstić information content (AvgIpc) is 2.73. The van der Waals surface area contributed by atoms with Crippen molar-refractivity contribution in [2.24, 2.45) is 7.05 Å². The molecule has 0 aliphatic rings. The zero-order valence-corrected chi connectivity index (χ0v) is 11.2. The molecule has 2 N–H and O–H groups in total. The van der Waals surface area contributed by atoms with Gasteiger partial charge < -0.3 is 24.5 Å². The van der Waals surface area contributed by atoms with E-state index in [0.29, 0.717) is 19.7 Å². The van der Waals surface area contributed by atoms with Gasteiger partial charge in [0.2, 0.25) is 0 Å². The summed E-state index contributed by atoms with van der Waals surface area (Å²) in [5.41, 5.74) is 0. The van der Waals surface area contributed by atoms with Crippen molar-refractivity contribution in [3.05, 3.63) is 12.2 Å². The van der Waals surface area contributed by atoms with Crippen LogP contribution in [-0.2, 0) is 23.1 Å². The van der Waals surface area contributed by atoms with E-state index in [4.69, 9.17) is 9.47 Å². The second-order valence-electron chi connectivity index (χ2n) is 4.24. The van der Waals surface area contributed by atoms with Crippen LogP contribution < -0.4 is 5.32 Å². The van der Waals surface area contributed by atoms with Gasteiger partial charge in [0, 0.05) is 20.7 Å². The number of aliphatic hydroxyl groups excluding tert-OH is 1. The summed E-state index contributed by atoms with van der Waals surface area (Å²) < 4.78 is 12.2. The highest BCUT2D eigenvalue weighted by atomic mass is 16.5. The van der Waals surface area contributed by atoms with E-state index in [-0.39, 0.29) is 12.7 Å². The molecule has 0 saturated carbocycles. The fourth-order valence-corrected chi connectivity index (χ4v) is 1.43. The van der Waals surface area contributed by atoms with Gasteiger partial charge in [0.1, 0.15) is 12.2 Å². The summed E-state index contributed by atoms with van der Waals surface area (Å²) in [4.78, 5) is 0. The Bertz CT molecular complexity index is 332. The Kier molecular flexibility index (Phi) is 6.81. The number of methoxy groups -OCH3 is 1. The minimum atomic E-state index is -0.544. The number of aliphatic hydroxyl groups is 1. The lowest BCUT2D eigenvalue weighted by Crippen LogP contribution is -2.32. The molecule has 0 aliphatic heterocycles. The molecule has 2 atom stereocenters. The first kappa shape index (κ1) is 15.0. The molecule has 104 valence electrons. The second-order valence-corrected chi connectivity index (χ2v) is 4.24. The van der Waals surface area contributed by atoms with Crippen LogP contribution in [0.15, 0.2) is 6.33 Å². The Hall–Kier alpha value is -1.02. The monoisotopic (exact) mass is 258 g/mol. The summed E-state index contributed by atoms with van der Waals surface area (Å²) in [6, 6.07) is 0. The first-order chi connectivity index (χ1) is 8.63. The topological polar surface area (TPSA) is 81.4 Å². The summed E-state index contributed by atoms with van der Waals surface area (Å²) >= 11 is 0. The number of aryl methyl sites for hydroxylation is 1. The van der Waals surface area contributed by atoms with Crippen LogP contribution in [0.2, 0.25) is 0 Å². The third kappa shape index (κ3) is 5.54. The fourth-order valence-electron chi connectivity index (χ4n) is 1.43. The molecule has 18 heavy (non-hydrogen) atoms. The van der Waals surface area contributed by atoms with Crippen molar-refractivity contribution in [1.82, 2.24) is 20.1 Å². The van der Waals surface area contributed by atoms with Gasteiger partial charge in [0.15, 0.2) is 0 Å². The lowest BCUT2D eigenvalue weighted by molar-refractivity contribution is -0.0311. The second kappa shape index (κ2) is 8.15. The highest BCUT2D eigenvalue weighted by Crippen LogP contribution is 1.94. The third-order valence-corrected chi connectivity index (χ3v) is 2.44. The van der Waals surface area contributed by atoms with Crippen LogP contribution in [0.4, 0.5) is 0 Å². The summed E-state index contributed by atoms with van der Waals surface area (Å²) in [7, 11) is 3.50. The fraction of sp³-hybridized carbons (Fsp3) is 0.818. The lowest BCUT2D eigenvalue weighted by Gasteiger charge is -2.16. The van der Waals surface area contributed by atoms with Crippen LogP contribution >= 0.6 is 0 Å². The van der Waals surface area contributed by atoms with Gasteiger partial charge >= 0.3 is 0 Å². The SMILES string of the molecule is COCC(C)OCC(O)CNCc1nncn1C. The van der Waals surface area contributed by atoms with Crippen molar-refractivity contribution < 1.29 is 14.6 Å². The Labute approximate surface area is 107 Å². The standard InChI is InChI=1S/C11H22N4O3/c1-9(6-17-3)18-7-10(16)4-12-5-11-14-13-8-15(11)2/h8-10,12,16H,4-7H2,1-3H3. The van der Waals surface area contributed by atoms with Crippen molar-refractivity contribution in [3.8, 4) is 0 Å². The van der Waals surface area contributed by atoms with E-state index in [9.17, 15) is 5.11 Å². The number of nitrogens with zero attached hydrogens (tertiary/aromatic N) is 3. The molecule has 1 aromatic rings. The minimum absolute atomic E-state index is 0.0107. The largest absolute Gasteiger partial charge is 0.389 e. The maximum Gasteiger partial charge on any atom is 0.146 e. The van der Waals surface area contributed by atoms with Crippen LogP contribution in [0.3, 0.4) is 0 Å². The van der Waals surface area contributed by atoms with Crippen molar-refractivity contribution in [2.45, 2.75) is 25.7 Å². The molecule has 0 saturated heterocycles. The zero-order valence-electron chi connectivity index (χ0n) is 11.2. The van der Waals surface area contributed by atoms with Gasteiger partial charge in [0.25, 0.3) is 0 Å². The number of hydrogen-bond donors (Lipinski definition) is 2. The Morgan fingerprint density at radius 1 is 1.50 bits per heavy atom. The maximum absolute atomic E-state index is 9.69. The molecule has 0 aliphatic carbocycles. The van der Waals surface area contributed by atoms with Crippen molar-refractivity contribution in [1.29, 1.82) is 0 Å². The molecule has 0 radical (unpaired) electrons. The summed E-state index contributed by atoms with van der Waals surface area (Å²) in [6.45, 7) is 3.74. The Morgan fingerprint density at radius 2 is 2.28 bits per heavy atom. The van der Waals surface area contributed by atoms with E-state index < -0.39 is 6.10 Å². The van der Waals surface area contributed by atoms with Gasteiger partial charge in [-0.2, -0.15) is 0 Å². The number of hydrogen-bond acceptors (Lipinski definition) is 6. The summed E-state index contributed by atoms with van der Waals surface area (Å²) in [5, 5.41) is 20.5. The third-order valence-electron chi connectivity index (χ3n) is 2.44. The zero-order chi connectivity index (χ0) is 13.4. The first-order valence-electron chi connectivity index (χ1n) is 5.95. The van der Waals surface area contributed by atoms with Gasteiger partial charge in [-0.15, -0.1) is 10.2 Å². The van der Waals surface area contributed by atoms with E-state index in [1.807, 2.05) is 18.5 Å². The van der Waals surface area contributed by atoms with Gasteiger partial charge in [-0.3, -0.25) is 0 Å².